The second-order valence-corrected chi connectivity index (χ2v) is 9.91. The Labute approximate surface area is 204 Å². The molecule has 2 rings (SSSR count). The number of guanidine groups is 1. The number of urea groups is 1. The first-order valence-corrected chi connectivity index (χ1v) is 12.8. The number of benzene rings is 1. The molecule has 0 spiro atoms. The van der Waals surface area contributed by atoms with Gasteiger partial charge in [0.05, 0.1) is 11.4 Å². The maximum absolute atomic E-state index is 12.9. The van der Waals surface area contributed by atoms with E-state index in [4.69, 9.17) is 11.1 Å². The summed E-state index contributed by atoms with van der Waals surface area (Å²) in [5, 5.41) is 26.5. The molecule has 1 heterocycles. The lowest BCUT2D eigenvalue weighted by molar-refractivity contribution is -0.142. The molecular formula is C21H33N7O6S. The molecule has 1 aliphatic rings. The van der Waals surface area contributed by atoms with Gasteiger partial charge in [0.15, 0.2) is 5.96 Å². The monoisotopic (exact) mass is 511 g/mol. The summed E-state index contributed by atoms with van der Waals surface area (Å²) >= 11 is 0. The molecule has 0 saturated carbocycles. The molecule has 0 aromatic heterocycles. The summed E-state index contributed by atoms with van der Waals surface area (Å²) in [6, 6.07) is 4.69. The molecule has 35 heavy (non-hydrogen) atoms. The quantitative estimate of drug-likeness (QED) is 0.103. The molecule has 194 valence electrons. The number of unbranched alkanes of at least 4 members (excludes halogenated alkanes) is 2. The number of carboxylic acids is 1. The van der Waals surface area contributed by atoms with Gasteiger partial charge < -0.3 is 32.1 Å². The van der Waals surface area contributed by atoms with Crippen LogP contribution in [0.4, 0.5) is 4.79 Å². The number of hydrogen-bond donors (Lipinski definition) is 7. The van der Waals surface area contributed by atoms with Crippen molar-refractivity contribution in [1.82, 2.24) is 25.6 Å². The fourth-order valence-electron chi connectivity index (χ4n) is 3.59. The molecule has 0 aliphatic carbocycles. The minimum Gasteiger partial charge on any atom is -0.480 e. The van der Waals surface area contributed by atoms with Crippen LogP contribution in [0.15, 0.2) is 35.2 Å². The predicted molar refractivity (Wildman–Crippen MR) is 128 cm³/mol. The predicted octanol–water partition coefficient (Wildman–Crippen LogP) is -0.638. The van der Waals surface area contributed by atoms with Gasteiger partial charge in [-0.2, -0.15) is 4.31 Å². The van der Waals surface area contributed by atoms with E-state index in [1.165, 1.54) is 12.1 Å². The van der Waals surface area contributed by atoms with Gasteiger partial charge in [-0.1, -0.05) is 18.2 Å². The SMILES string of the molecule is N=C(N)NCCCCCNC(=O)NCC(NC(=O)[C@@H]1CCCN1S(=O)(=O)c1ccccc1)C(=O)O. The van der Waals surface area contributed by atoms with Crippen molar-refractivity contribution in [3.8, 4) is 0 Å². The molecule has 0 radical (unpaired) electrons. The molecular weight excluding hydrogens is 478 g/mol. The lowest BCUT2D eigenvalue weighted by Crippen LogP contribution is -2.54. The Kier molecular flexibility index (Phi) is 10.7. The summed E-state index contributed by atoms with van der Waals surface area (Å²) in [6.45, 7) is 0.711. The topological polar surface area (TPSA) is 207 Å². The molecule has 8 N–H and O–H groups in total. The number of hydrogen-bond acceptors (Lipinski definition) is 6. The number of carbonyl (C=O) groups is 3. The molecule has 1 unspecified atom stereocenters. The van der Waals surface area contributed by atoms with Crippen LogP contribution in [0.1, 0.15) is 32.1 Å². The molecule has 2 atom stereocenters. The Balaban J connectivity index is 1.82. The fourth-order valence-corrected chi connectivity index (χ4v) is 5.27. The van der Waals surface area contributed by atoms with Crippen molar-refractivity contribution in [2.24, 2.45) is 5.73 Å². The Hall–Kier alpha value is -3.39. The number of nitrogens with one attached hydrogen (secondary N) is 5. The van der Waals surface area contributed by atoms with Crippen molar-refractivity contribution in [2.45, 2.75) is 49.1 Å². The minimum atomic E-state index is -3.91. The Morgan fingerprint density at radius 2 is 1.74 bits per heavy atom. The molecule has 1 saturated heterocycles. The van der Waals surface area contributed by atoms with E-state index in [9.17, 15) is 27.9 Å². The number of nitrogens with two attached hydrogens (primary N) is 1. The number of amides is 3. The van der Waals surface area contributed by atoms with Crippen LogP contribution >= 0.6 is 0 Å². The van der Waals surface area contributed by atoms with Gasteiger partial charge in [-0.25, -0.2) is 18.0 Å². The van der Waals surface area contributed by atoms with Gasteiger partial charge in [0.1, 0.15) is 12.1 Å². The van der Waals surface area contributed by atoms with E-state index in [0.717, 1.165) is 17.1 Å². The Bertz CT molecular complexity index is 989. The van der Waals surface area contributed by atoms with Gasteiger partial charge >= 0.3 is 12.0 Å². The second kappa shape index (κ2) is 13.5. The van der Waals surface area contributed by atoms with Crippen molar-refractivity contribution in [3.63, 3.8) is 0 Å². The number of nitrogens with zero attached hydrogens (tertiary/aromatic N) is 1. The van der Waals surface area contributed by atoms with E-state index in [2.05, 4.69) is 21.3 Å². The van der Waals surface area contributed by atoms with Crippen molar-refractivity contribution in [2.75, 3.05) is 26.2 Å². The van der Waals surface area contributed by atoms with Crippen molar-refractivity contribution < 1.29 is 27.9 Å². The highest BCUT2D eigenvalue weighted by molar-refractivity contribution is 7.89. The molecule has 3 amide bonds. The van der Waals surface area contributed by atoms with E-state index in [0.29, 0.717) is 25.9 Å². The summed E-state index contributed by atoms with van der Waals surface area (Å²) in [5.41, 5.74) is 5.18. The number of carboxylic acid groups (broad SMARTS) is 1. The summed E-state index contributed by atoms with van der Waals surface area (Å²) in [6.07, 6.45) is 2.97. The van der Waals surface area contributed by atoms with Crippen LogP contribution in [0.25, 0.3) is 0 Å². The van der Waals surface area contributed by atoms with Crippen LogP contribution in [0.2, 0.25) is 0 Å². The normalized spacial score (nSPS) is 16.7. The van der Waals surface area contributed by atoms with E-state index in [1.54, 1.807) is 18.2 Å². The van der Waals surface area contributed by atoms with Crippen LogP contribution in [-0.4, -0.2) is 80.0 Å². The molecule has 14 heteroatoms. The molecule has 13 nitrogen and oxygen atoms in total. The van der Waals surface area contributed by atoms with Gasteiger partial charge in [-0.15, -0.1) is 0 Å². The number of carbonyl (C=O) groups excluding carboxylic acids is 2. The van der Waals surface area contributed by atoms with Gasteiger partial charge in [0.25, 0.3) is 0 Å². The third kappa shape index (κ3) is 8.72. The maximum atomic E-state index is 12.9. The largest absolute Gasteiger partial charge is 0.480 e. The van der Waals surface area contributed by atoms with Gasteiger partial charge in [-0.3, -0.25) is 10.2 Å². The molecule has 1 aromatic rings. The standard InChI is InChI=1S/C21H33N7O6S/c22-20(23)24-11-5-2-6-12-25-21(32)26-14-16(19(30)31)27-18(29)17-10-7-13-28(17)35(33,34)15-8-3-1-4-9-15/h1,3-4,8-9,16-17H,2,5-7,10-14H2,(H,27,29)(H,30,31)(H4,22,23,24)(H2,25,26,32)/t16?,17-/m0/s1. The van der Waals surface area contributed by atoms with E-state index in [1.807, 2.05) is 0 Å². The minimum absolute atomic E-state index is 0.0583. The van der Waals surface area contributed by atoms with Crippen LogP contribution in [0.5, 0.6) is 0 Å². The Morgan fingerprint density at radius 3 is 2.37 bits per heavy atom. The van der Waals surface area contributed by atoms with Crippen LogP contribution in [0.3, 0.4) is 0 Å². The third-order valence-electron chi connectivity index (χ3n) is 5.39. The van der Waals surface area contributed by atoms with Gasteiger partial charge in [-0.05, 0) is 44.2 Å². The van der Waals surface area contributed by atoms with Crippen LogP contribution in [-0.2, 0) is 19.6 Å². The van der Waals surface area contributed by atoms with Crippen molar-refractivity contribution in [1.29, 1.82) is 5.41 Å². The molecule has 1 fully saturated rings. The second-order valence-electron chi connectivity index (χ2n) is 8.02. The Morgan fingerprint density at radius 1 is 1.09 bits per heavy atom. The molecule has 1 aromatic carbocycles. The molecule has 0 bridgehead atoms. The van der Waals surface area contributed by atoms with Crippen molar-refractivity contribution >= 4 is 33.9 Å². The average molecular weight is 512 g/mol. The summed E-state index contributed by atoms with van der Waals surface area (Å²) in [4.78, 5) is 36.4. The number of sulfonamides is 1. The highest BCUT2D eigenvalue weighted by atomic mass is 32.2. The van der Waals surface area contributed by atoms with Crippen LogP contribution in [0, 0.1) is 5.41 Å². The zero-order valence-corrected chi connectivity index (χ0v) is 20.1. The van der Waals surface area contributed by atoms with Crippen LogP contribution < -0.4 is 27.0 Å². The van der Waals surface area contributed by atoms with E-state index in [-0.39, 0.29) is 30.4 Å². The first-order valence-electron chi connectivity index (χ1n) is 11.3. The number of aliphatic carboxylic acids is 1. The van der Waals surface area contributed by atoms with E-state index < -0.39 is 40.0 Å². The highest BCUT2D eigenvalue weighted by Gasteiger charge is 2.40. The lowest BCUT2D eigenvalue weighted by Gasteiger charge is -2.25. The van der Waals surface area contributed by atoms with Gasteiger partial charge in [0, 0.05) is 19.6 Å². The zero-order chi connectivity index (χ0) is 25.8. The van der Waals surface area contributed by atoms with Crippen molar-refractivity contribution in [3.05, 3.63) is 30.3 Å². The summed E-state index contributed by atoms with van der Waals surface area (Å²) in [5.74, 6) is -2.18. The third-order valence-corrected chi connectivity index (χ3v) is 7.31. The maximum Gasteiger partial charge on any atom is 0.328 e. The fraction of sp³-hybridized carbons (Fsp3) is 0.524. The number of rotatable bonds is 13. The smallest absolute Gasteiger partial charge is 0.328 e. The zero-order valence-electron chi connectivity index (χ0n) is 19.3. The first kappa shape index (κ1) is 27.9. The molecule has 1 aliphatic heterocycles. The summed E-state index contributed by atoms with van der Waals surface area (Å²) < 4.78 is 27.0. The van der Waals surface area contributed by atoms with Gasteiger partial charge in [0.2, 0.25) is 15.9 Å². The lowest BCUT2D eigenvalue weighted by atomic mass is 10.2. The highest BCUT2D eigenvalue weighted by Crippen LogP contribution is 2.26. The van der Waals surface area contributed by atoms with E-state index >= 15 is 0 Å². The first-order chi connectivity index (χ1) is 16.6. The summed E-state index contributed by atoms with van der Waals surface area (Å²) in [7, 11) is -3.91. The average Bonchev–Trinajstić information content (AvgIpc) is 3.32.